The highest BCUT2D eigenvalue weighted by atomic mass is 19.3. The van der Waals surface area contributed by atoms with Crippen molar-refractivity contribution in [2.24, 2.45) is 0 Å². The van der Waals surface area contributed by atoms with Crippen molar-refractivity contribution in [2.45, 2.75) is 18.4 Å². The zero-order valence-corrected chi connectivity index (χ0v) is 12.3. The van der Waals surface area contributed by atoms with Crippen LogP contribution in [0.3, 0.4) is 0 Å². The van der Waals surface area contributed by atoms with Gasteiger partial charge in [0.2, 0.25) is 0 Å². The summed E-state index contributed by atoms with van der Waals surface area (Å²) in [6.45, 7) is -0.486. The molecule has 7 nitrogen and oxygen atoms in total. The van der Waals surface area contributed by atoms with Crippen molar-refractivity contribution in [1.29, 1.82) is 0 Å². The van der Waals surface area contributed by atoms with Crippen molar-refractivity contribution < 1.29 is 28.2 Å². The number of rotatable bonds is 6. The number of halogens is 2. The van der Waals surface area contributed by atoms with Gasteiger partial charge in [-0.15, -0.1) is 0 Å². The summed E-state index contributed by atoms with van der Waals surface area (Å²) in [6.07, 6.45) is 1.04. The molecule has 1 aromatic carbocycles. The summed E-state index contributed by atoms with van der Waals surface area (Å²) in [6, 6.07) is 6.19. The van der Waals surface area contributed by atoms with Crippen LogP contribution in [0.1, 0.15) is 22.8 Å². The summed E-state index contributed by atoms with van der Waals surface area (Å²) in [7, 11) is 0. The molecule has 3 rings (SSSR count). The van der Waals surface area contributed by atoms with Gasteiger partial charge in [0, 0.05) is 18.1 Å². The van der Waals surface area contributed by atoms with Gasteiger partial charge in [-0.25, -0.2) is 18.3 Å². The summed E-state index contributed by atoms with van der Waals surface area (Å²) in [5.41, 5.74) is 0.271. The average Bonchev–Trinajstić information content (AvgIpc) is 2.94. The molecule has 126 valence electrons. The number of alkyl halides is 2. The predicted octanol–water partition coefficient (Wildman–Crippen LogP) is 2.18. The van der Waals surface area contributed by atoms with Crippen molar-refractivity contribution in [3.05, 3.63) is 42.1 Å². The Morgan fingerprint density at radius 1 is 1.33 bits per heavy atom. The molecule has 0 spiro atoms. The number of aromatic nitrogens is 2. The van der Waals surface area contributed by atoms with Crippen LogP contribution in [0.15, 0.2) is 36.5 Å². The van der Waals surface area contributed by atoms with Crippen molar-refractivity contribution in [2.75, 3.05) is 11.9 Å². The molecule has 1 amide bonds. The summed E-state index contributed by atoms with van der Waals surface area (Å²) in [5.74, 6) is -3.91. The van der Waals surface area contributed by atoms with Crippen LogP contribution in [0.4, 0.5) is 14.6 Å². The van der Waals surface area contributed by atoms with Crippen LogP contribution >= 0.6 is 0 Å². The second kappa shape index (κ2) is 5.91. The monoisotopic (exact) mass is 337 g/mol. The van der Waals surface area contributed by atoms with E-state index in [1.165, 1.54) is 36.5 Å². The van der Waals surface area contributed by atoms with Gasteiger partial charge in [0.1, 0.15) is 17.6 Å². The van der Waals surface area contributed by atoms with Crippen molar-refractivity contribution >= 4 is 17.7 Å². The van der Waals surface area contributed by atoms with Crippen LogP contribution in [0.5, 0.6) is 5.75 Å². The summed E-state index contributed by atoms with van der Waals surface area (Å²) < 4.78 is 32.3. The maximum atomic E-state index is 13.1. The zero-order valence-electron chi connectivity index (χ0n) is 12.3. The minimum Gasteiger partial charge on any atom is -0.482 e. The number of ether oxygens (including phenoxy) is 1. The minimum atomic E-state index is -2.80. The quantitative estimate of drug-likeness (QED) is 0.843. The second-order valence-corrected chi connectivity index (χ2v) is 5.30. The molecule has 1 aliphatic rings. The Kier molecular flexibility index (Phi) is 3.92. The number of carbonyl (C=O) groups excluding carboxylic acids is 1. The van der Waals surface area contributed by atoms with E-state index in [4.69, 9.17) is 9.84 Å². The Bertz CT molecular complexity index is 773. The Balaban J connectivity index is 1.65. The van der Waals surface area contributed by atoms with Gasteiger partial charge in [-0.2, -0.15) is 5.10 Å². The molecular weight excluding hydrogens is 324 g/mol. The van der Waals surface area contributed by atoms with Crippen molar-refractivity contribution in [1.82, 2.24) is 9.78 Å². The molecule has 0 aliphatic heterocycles. The molecule has 0 saturated heterocycles. The topological polar surface area (TPSA) is 93.4 Å². The first kappa shape index (κ1) is 15.9. The van der Waals surface area contributed by atoms with Crippen LogP contribution in [0.2, 0.25) is 0 Å². The fourth-order valence-electron chi connectivity index (χ4n) is 2.16. The van der Waals surface area contributed by atoms with E-state index in [0.717, 1.165) is 4.68 Å². The van der Waals surface area contributed by atoms with E-state index in [-0.39, 0.29) is 17.8 Å². The summed E-state index contributed by atoms with van der Waals surface area (Å²) in [5, 5.41) is 14.9. The van der Waals surface area contributed by atoms with E-state index in [9.17, 15) is 18.4 Å². The first-order valence-corrected chi connectivity index (χ1v) is 7.04. The first-order valence-electron chi connectivity index (χ1n) is 7.04. The maximum absolute atomic E-state index is 13.1. The number of benzene rings is 1. The Labute approximate surface area is 134 Å². The fraction of sp³-hybridized carbons (Fsp3) is 0.267. The van der Waals surface area contributed by atoms with E-state index < -0.39 is 30.4 Å². The Morgan fingerprint density at radius 2 is 2.00 bits per heavy atom. The van der Waals surface area contributed by atoms with Gasteiger partial charge in [-0.1, -0.05) is 0 Å². The molecule has 1 saturated carbocycles. The minimum absolute atomic E-state index is 0.188. The van der Waals surface area contributed by atoms with Gasteiger partial charge in [0.25, 0.3) is 11.8 Å². The third kappa shape index (κ3) is 3.34. The molecule has 1 aliphatic carbocycles. The molecule has 1 atom stereocenters. The number of carbonyl (C=O) groups is 2. The smallest absolute Gasteiger partial charge is 0.341 e. The number of hydrogen-bond acceptors (Lipinski definition) is 4. The molecular formula is C15H13F2N3O4. The van der Waals surface area contributed by atoms with Gasteiger partial charge in [0.05, 0.1) is 6.20 Å². The van der Waals surface area contributed by atoms with E-state index in [0.29, 0.717) is 5.75 Å². The molecule has 0 radical (unpaired) electrons. The lowest BCUT2D eigenvalue weighted by atomic mass is 10.2. The molecule has 1 unspecified atom stereocenters. The van der Waals surface area contributed by atoms with Crippen LogP contribution in [0.25, 0.3) is 0 Å². The molecule has 0 bridgehead atoms. The number of carboxylic acids is 1. The van der Waals surface area contributed by atoms with Crippen molar-refractivity contribution in [3.63, 3.8) is 0 Å². The third-order valence-corrected chi connectivity index (χ3v) is 3.48. The van der Waals surface area contributed by atoms with Gasteiger partial charge in [0.15, 0.2) is 6.61 Å². The van der Waals surface area contributed by atoms with E-state index >= 15 is 0 Å². The van der Waals surface area contributed by atoms with Crippen molar-refractivity contribution in [3.8, 4) is 5.75 Å². The number of hydrogen-bond donors (Lipinski definition) is 2. The molecule has 1 fully saturated rings. The normalized spacial score (nSPS) is 18.0. The van der Waals surface area contributed by atoms with Crippen LogP contribution in [-0.4, -0.2) is 39.3 Å². The van der Waals surface area contributed by atoms with Gasteiger partial charge < -0.3 is 15.2 Å². The molecule has 2 aromatic rings. The van der Waals surface area contributed by atoms with Crippen LogP contribution < -0.4 is 10.1 Å². The number of aliphatic carboxylic acids is 1. The molecule has 2 N–H and O–H groups in total. The predicted molar refractivity (Wildman–Crippen MR) is 78.4 cm³/mol. The lowest BCUT2D eigenvalue weighted by molar-refractivity contribution is -0.139. The number of anilines is 1. The second-order valence-electron chi connectivity index (χ2n) is 5.30. The largest absolute Gasteiger partial charge is 0.482 e. The number of carboxylic acid groups (broad SMARTS) is 1. The van der Waals surface area contributed by atoms with Crippen LogP contribution in [0, 0.1) is 0 Å². The number of nitrogens with zero attached hydrogens (tertiary/aromatic N) is 2. The average molecular weight is 337 g/mol. The maximum Gasteiger partial charge on any atom is 0.341 e. The molecule has 1 aromatic heterocycles. The van der Waals surface area contributed by atoms with Gasteiger partial charge >= 0.3 is 5.97 Å². The number of nitrogens with one attached hydrogen (secondary N) is 1. The summed E-state index contributed by atoms with van der Waals surface area (Å²) in [4.78, 5) is 22.6. The summed E-state index contributed by atoms with van der Waals surface area (Å²) >= 11 is 0. The molecule has 9 heteroatoms. The molecule has 1 heterocycles. The zero-order chi connectivity index (χ0) is 17.3. The molecule has 24 heavy (non-hydrogen) atoms. The number of amides is 1. The third-order valence-electron chi connectivity index (χ3n) is 3.48. The van der Waals surface area contributed by atoms with E-state index in [1.54, 1.807) is 0 Å². The van der Waals surface area contributed by atoms with Crippen LogP contribution in [-0.2, 0) is 4.79 Å². The standard InChI is InChI=1S/C15H13F2N3O4/c16-15(17)7-11(15)20-12(5-6-18-20)19-14(23)9-1-3-10(4-2-9)24-8-13(21)22/h1-6,11H,7-8H2,(H,19,23)(H,21,22). The highest BCUT2D eigenvalue weighted by molar-refractivity contribution is 6.03. The lowest BCUT2D eigenvalue weighted by Crippen LogP contribution is -2.16. The lowest BCUT2D eigenvalue weighted by Gasteiger charge is -2.09. The first-order chi connectivity index (χ1) is 11.4. The van der Waals surface area contributed by atoms with Gasteiger partial charge in [-0.3, -0.25) is 4.79 Å². The van der Waals surface area contributed by atoms with E-state index in [1.807, 2.05) is 0 Å². The Hall–Kier alpha value is -2.97. The van der Waals surface area contributed by atoms with E-state index in [2.05, 4.69) is 10.4 Å². The van der Waals surface area contributed by atoms with Gasteiger partial charge in [-0.05, 0) is 24.3 Å². The highest BCUT2D eigenvalue weighted by Gasteiger charge is 2.59. The Morgan fingerprint density at radius 3 is 2.58 bits per heavy atom. The fourth-order valence-corrected chi connectivity index (χ4v) is 2.16. The SMILES string of the molecule is O=C(O)COc1ccc(C(=O)Nc2ccnn2C2CC2(F)F)cc1. The highest BCUT2D eigenvalue weighted by Crippen LogP contribution is 2.53.